The maximum atomic E-state index is 12.9. The standard InChI is InChI=1S/C13H12ClFN4/c14-12-16-11(9-3-5-10(15)6-4-9)17-13(18-12)19-7-1-2-8-19/h3-6H,1-2,7-8H2. The molecule has 0 unspecified atom stereocenters. The maximum Gasteiger partial charge on any atom is 0.230 e. The van der Waals surface area contributed by atoms with Crippen molar-refractivity contribution >= 4 is 17.5 Å². The van der Waals surface area contributed by atoms with E-state index < -0.39 is 0 Å². The third-order valence-corrected chi connectivity index (χ3v) is 3.26. The van der Waals surface area contributed by atoms with Gasteiger partial charge in [-0.3, -0.25) is 0 Å². The summed E-state index contributed by atoms with van der Waals surface area (Å²) >= 11 is 5.95. The molecule has 98 valence electrons. The summed E-state index contributed by atoms with van der Waals surface area (Å²) in [6, 6.07) is 6.02. The van der Waals surface area contributed by atoms with E-state index in [4.69, 9.17) is 11.6 Å². The summed E-state index contributed by atoms with van der Waals surface area (Å²) in [4.78, 5) is 14.7. The molecule has 2 heterocycles. The molecule has 4 nitrogen and oxygen atoms in total. The zero-order valence-corrected chi connectivity index (χ0v) is 10.9. The minimum Gasteiger partial charge on any atom is -0.341 e. The van der Waals surface area contributed by atoms with Crippen molar-refractivity contribution in [3.8, 4) is 11.4 Å². The van der Waals surface area contributed by atoms with Crippen molar-refractivity contribution in [2.75, 3.05) is 18.0 Å². The Morgan fingerprint density at radius 3 is 2.37 bits per heavy atom. The molecule has 0 spiro atoms. The van der Waals surface area contributed by atoms with Crippen molar-refractivity contribution in [1.82, 2.24) is 15.0 Å². The molecule has 2 aromatic rings. The molecule has 0 bridgehead atoms. The molecule has 3 rings (SSSR count). The Morgan fingerprint density at radius 1 is 1.00 bits per heavy atom. The average molecular weight is 279 g/mol. The minimum absolute atomic E-state index is 0.163. The number of nitrogens with zero attached hydrogens (tertiary/aromatic N) is 4. The smallest absolute Gasteiger partial charge is 0.230 e. The van der Waals surface area contributed by atoms with Crippen molar-refractivity contribution in [3.63, 3.8) is 0 Å². The molecule has 19 heavy (non-hydrogen) atoms. The number of benzene rings is 1. The van der Waals surface area contributed by atoms with Crippen molar-refractivity contribution in [2.45, 2.75) is 12.8 Å². The average Bonchev–Trinajstić information content (AvgIpc) is 2.93. The van der Waals surface area contributed by atoms with Crippen LogP contribution in [0.1, 0.15) is 12.8 Å². The molecular formula is C13H12ClFN4. The predicted octanol–water partition coefficient (Wildman–Crippen LogP) is 2.93. The van der Waals surface area contributed by atoms with Gasteiger partial charge in [0.15, 0.2) is 5.82 Å². The lowest BCUT2D eigenvalue weighted by Gasteiger charge is -2.15. The number of hydrogen-bond acceptors (Lipinski definition) is 4. The van der Waals surface area contributed by atoms with E-state index in [1.165, 1.54) is 12.1 Å². The van der Waals surface area contributed by atoms with Crippen LogP contribution in [-0.4, -0.2) is 28.0 Å². The molecule has 0 amide bonds. The van der Waals surface area contributed by atoms with Crippen LogP contribution < -0.4 is 4.90 Å². The molecule has 0 radical (unpaired) electrons. The van der Waals surface area contributed by atoms with Crippen LogP contribution in [0.5, 0.6) is 0 Å². The highest BCUT2D eigenvalue weighted by atomic mass is 35.5. The van der Waals surface area contributed by atoms with Gasteiger partial charge in [-0.15, -0.1) is 0 Å². The molecule has 0 atom stereocenters. The van der Waals surface area contributed by atoms with Crippen LogP contribution in [0.25, 0.3) is 11.4 Å². The normalized spacial score (nSPS) is 14.9. The summed E-state index contributed by atoms with van der Waals surface area (Å²) in [5.74, 6) is 0.780. The van der Waals surface area contributed by atoms with E-state index in [0.717, 1.165) is 31.5 Å². The fourth-order valence-electron chi connectivity index (χ4n) is 2.13. The Labute approximate surface area is 115 Å². The van der Waals surface area contributed by atoms with E-state index in [2.05, 4.69) is 19.9 Å². The van der Waals surface area contributed by atoms with Gasteiger partial charge in [0, 0.05) is 18.7 Å². The van der Waals surface area contributed by atoms with E-state index in [1.54, 1.807) is 12.1 Å². The van der Waals surface area contributed by atoms with Crippen LogP contribution in [0.2, 0.25) is 5.28 Å². The lowest BCUT2D eigenvalue weighted by molar-refractivity contribution is 0.628. The van der Waals surface area contributed by atoms with Crippen LogP contribution in [0.4, 0.5) is 10.3 Å². The number of rotatable bonds is 2. The first-order valence-electron chi connectivity index (χ1n) is 6.15. The van der Waals surface area contributed by atoms with Gasteiger partial charge in [-0.05, 0) is 48.7 Å². The summed E-state index contributed by atoms with van der Waals surface area (Å²) in [6.07, 6.45) is 2.27. The first-order chi connectivity index (χ1) is 9.22. The van der Waals surface area contributed by atoms with Crippen molar-refractivity contribution < 1.29 is 4.39 Å². The van der Waals surface area contributed by atoms with Gasteiger partial charge in [0.25, 0.3) is 0 Å². The number of anilines is 1. The van der Waals surface area contributed by atoms with Gasteiger partial charge in [0.2, 0.25) is 11.2 Å². The van der Waals surface area contributed by atoms with Crippen LogP contribution in [0.3, 0.4) is 0 Å². The molecular weight excluding hydrogens is 267 g/mol. The van der Waals surface area contributed by atoms with E-state index in [1.807, 2.05) is 0 Å². The van der Waals surface area contributed by atoms with Gasteiger partial charge >= 0.3 is 0 Å². The molecule has 0 N–H and O–H groups in total. The molecule has 1 aromatic heterocycles. The largest absolute Gasteiger partial charge is 0.341 e. The molecule has 1 aliphatic rings. The Bertz CT molecular complexity index is 582. The Balaban J connectivity index is 1.99. The van der Waals surface area contributed by atoms with Crippen molar-refractivity contribution in [1.29, 1.82) is 0 Å². The van der Waals surface area contributed by atoms with E-state index in [-0.39, 0.29) is 11.1 Å². The minimum atomic E-state index is -0.288. The van der Waals surface area contributed by atoms with Crippen LogP contribution >= 0.6 is 11.6 Å². The Kier molecular flexibility index (Phi) is 3.29. The van der Waals surface area contributed by atoms with Gasteiger partial charge in [-0.25, -0.2) is 4.39 Å². The first-order valence-corrected chi connectivity index (χ1v) is 6.52. The zero-order chi connectivity index (χ0) is 13.2. The quantitative estimate of drug-likeness (QED) is 0.847. The highest BCUT2D eigenvalue weighted by Crippen LogP contribution is 2.22. The molecule has 1 aliphatic heterocycles. The number of aromatic nitrogens is 3. The Hall–Kier alpha value is -1.75. The molecule has 1 fully saturated rings. The predicted molar refractivity (Wildman–Crippen MR) is 71.7 cm³/mol. The van der Waals surface area contributed by atoms with Crippen molar-refractivity contribution in [2.24, 2.45) is 0 Å². The Morgan fingerprint density at radius 2 is 1.68 bits per heavy atom. The van der Waals surface area contributed by atoms with E-state index in [0.29, 0.717) is 11.8 Å². The van der Waals surface area contributed by atoms with Gasteiger partial charge in [0.1, 0.15) is 5.82 Å². The number of hydrogen-bond donors (Lipinski definition) is 0. The van der Waals surface area contributed by atoms with Gasteiger partial charge in [-0.2, -0.15) is 15.0 Å². The van der Waals surface area contributed by atoms with Gasteiger partial charge in [-0.1, -0.05) is 0 Å². The first kappa shape index (κ1) is 12.3. The third kappa shape index (κ3) is 2.66. The summed E-state index contributed by atoms with van der Waals surface area (Å²) in [5, 5.41) is 0.163. The highest BCUT2D eigenvalue weighted by molar-refractivity contribution is 6.28. The second-order valence-corrected chi connectivity index (χ2v) is 4.77. The molecule has 1 aromatic carbocycles. The highest BCUT2D eigenvalue weighted by Gasteiger charge is 2.17. The van der Waals surface area contributed by atoms with Crippen LogP contribution in [0, 0.1) is 5.82 Å². The topological polar surface area (TPSA) is 41.9 Å². The SMILES string of the molecule is Fc1ccc(-c2nc(Cl)nc(N3CCCC3)n2)cc1. The fourth-order valence-corrected chi connectivity index (χ4v) is 2.28. The maximum absolute atomic E-state index is 12.9. The summed E-state index contributed by atoms with van der Waals surface area (Å²) in [7, 11) is 0. The molecule has 0 aliphatic carbocycles. The lowest BCUT2D eigenvalue weighted by Crippen LogP contribution is -2.21. The molecule has 6 heteroatoms. The van der Waals surface area contributed by atoms with Gasteiger partial charge < -0.3 is 4.90 Å². The summed E-state index contributed by atoms with van der Waals surface area (Å²) < 4.78 is 12.9. The monoisotopic (exact) mass is 278 g/mol. The fraction of sp³-hybridized carbons (Fsp3) is 0.308. The lowest BCUT2D eigenvalue weighted by atomic mass is 10.2. The summed E-state index contributed by atoms with van der Waals surface area (Å²) in [5.41, 5.74) is 0.728. The van der Waals surface area contributed by atoms with Gasteiger partial charge in [0.05, 0.1) is 0 Å². The summed E-state index contributed by atoms with van der Waals surface area (Å²) in [6.45, 7) is 1.87. The van der Waals surface area contributed by atoms with Crippen LogP contribution in [0.15, 0.2) is 24.3 Å². The number of halogens is 2. The van der Waals surface area contributed by atoms with E-state index in [9.17, 15) is 4.39 Å². The van der Waals surface area contributed by atoms with E-state index >= 15 is 0 Å². The molecule has 0 saturated carbocycles. The second-order valence-electron chi connectivity index (χ2n) is 4.43. The van der Waals surface area contributed by atoms with Crippen molar-refractivity contribution in [3.05, 3.63) is 35.4 Å². The van der Waals surface area contributed by atoms with Crippen LogP contribution in [-0.2, 0) is 0 Å². The third-order valence-electron chi connectivity index (χ3n) is 3.09. The zero-order valence-electron chi connectivity index (χ0n) is 10.2. The second kappa shape index (κ2) is 5.09. The molecule has 1 saturated heterocycles.